The van der Waals surface area contributed by atoms with E-state index in [0.717, 1.165) is 16.7 Å². The van der Waals surface area contributed by atoms with Crippen LogP contribution < -0.4 is 10.0 Å². The predicted octanol–water partition coefficient (Wildman–Crippen LogP) is 4.40. The Hall–Kier alpha value is -3.49. The molecule has 3 aromatic carbocycles. The van der Waals surface area contributed by atoms with Gasteiger partial charge in [0.2, 0.25) is 15.9 Å². The molecule has 0 aliphatic carbocycles. The number of anilines is 1. The van der Waals surface area contributed by atoms with E-state index in [4.69, 9.17) is 4.74 Å². The third-order valence-electron chi connectivity index (χ3n) is 5.40. The highest BCUT2D eigenvalue weighted by atomic mass is 32.2. The quantitative estimate of drug-likeness (QED) is 0.385. The smallest absolute Gasteiger partial charge is 0.310 e. The maximum absolute atomic E-state index is 12.7. The van der Waals surface area contributed by atoms with Gasteiger partial charge in [-0.25, -0.2) is 13.1 Å². The molecule has 1 atom stereocenters. The fourth-order valence-electron chi connectivity index (χ4n) is 3.51. The fourth-order valence-corrected chi connectivity index (χ4v) is 4.74. The molecule has 8 heteroatoms. The highest BCUT2D eigenvalue weighted by molar-refractivity contribution is 7.89. The van der Waals surface area contributed by atoms with Crippen molar-refractivity contribution in [2.75, 3.05) is 11.9 Å². The Morgan fingerprint density at radius 2 is 1.51 bits per heavy atom. The molecule has 0 spiro atoms. The third kappa shape index (κ3) is 8.05. The van der Waals surface area contributed by atoms with Gasteiger partial charge in [0, 0.05) is 18.2 Å². The van der Waals surface area contributed by atoms with Crippen molar-refractivity contribution in [3.05, 3.63) is 95.6 Å². The maximum atomic E-state index is 12.7. The molecular weight excluding hydrogens is 464 g/mol. The first-order valence-corrected chi connectivity index (χ1v) is 13.0. The van der Waals surface area contributed by atoms with Crippen LogP contribution in [0, 0.1) is 0 Å². The molecule has 0 aliphatic heterocycles. The SMILES string of the molecule is CCOC(=O)Cc1ccc(NC(=O)CCc2ccc(S(=O)(=O)N[C@@H](C)c3ccccc3)cc2)cc1. The van der Waals surface area contributed by atoms with E-state index in [1.54, 1.807) is 62.4 Å². The molecule has 0 radical (unpaired) electrons. The Kier molecular flexibility index (Phi) is 9.17. The van der Waals surface area contributed by atoms with Crippen LogP contribution in [-0.2, 0) is 37.2 Å². The molecule has 0 aromatic heterocycles. The summed E-state index contributed by atoms with van der Waals surface area (Å²) in [6.07, 6.45) is 0.912. The molecule has 0 fully saturated rings. The highest BCUT2D eigenvalue weighted by Crippen LogP contribution is 2.18. The summed E-state index contributed by atoms with van der Waals surface area (Å²) in [5.74, 6) is -0.442. The molecule has 1 amide bonds. The van der Waals surface area contributed by atoms with Gasteiger partial charge >= 0.3 is 5.97 Å². The largest absolute Gasteiger partial charge is 0.466 e. The summed E-state index contributed by atoms with van der Waals surface area (Å²) in [5, 5.41) is 2.83. The lowest BCUT2D eigenvalue weighted by Gasteiger charge is -2.15. The molecule has 7 nitrogen and oxygen atoms in total. The number of hydrogen-bond acceptors (Lipinski definition) is 5. The number of esters is 1. The number of aryl methyl sites for hydroxylation is 1. The molecule has 0 bridgehead atoms. The lowest BCUT2D eigenvalue weighted by Crippen LogP contribution is -2.26. The zero-order chi connectivity index (χ0) is 25.3. The molecule has 2 N–H and O–H groups in total. The Bertz CT molecular complexity index is 1220. The number of nitrogens with one attached hydrogen (secondary N) is 2. The summed E-state index contributed by atoms with van der Waals surface area (Å²) in [6.45, 7) is 3.90. The minimum atomic E-state index is -3.67. The Balaban J connectivity index is 1.50. The van der Waals surface area contributed by atoms with E-state index in [9.17, 15) is 18.0 Å². The van der Waals surface area contributed by atoms with Crippen LogP contribution in [0.2, 0.25) is 0 Å². The molecule has 184 valence electrons. The van der Waals surface area contributed by atoms with Gasteiger partial charge in [0.15, 0.2) is 0 Å². The summed E-state index contributed by atoms with van der Waals surface area (Å²) in [4.78, 5) is 24.0. The van der Waals surface area contributed by atoms with Gasteiger partial charge in [0.05, 0.1) is 17.9 Å². The molecule has 35 heavy (non-hydrogen) atoms. The average molecular weight is 495 g/mol. The molecule has 3 aromatic rings. The summed E-state index contributed by atoms with van der Waals surface area (Å²) < 4.78 is 33.0. The zero-order valence-corrected chi connectivity index (χ0v) is 20.7. The molecule has 0 saturated carbocycles. The summed E-state index contributed by atoms with van der Waals surface area (Å²) in [6, 6.07) is 22.6. The second-order valence-electron chi connectivity index (χ2n) is 8.12. The number of carbonyl (C=O) groups is 2. The first-order chi connectivity index (χ1) is 16.8. The summed E-state index contributed by atoms with van der Waals surface area (Å²) in [5.41, 5.74) is 3.19. The number of hydrogen-bond donors (Lipinski definition) is 2. The van der Waals surface area contributed by atoms with Gasteiger partial charge in [-0.1, -0.05) is 54.6 Å². The van der Waals surface area contributed by atoms with Crippen LogP contribution in [-0.4, -0.2) is 26.9 Å². The molecule has 0 unspecified atom stereocenters. The first kappa shape index (κ1) is 26.1. The minimum Gasteiger partial charge on any atom is -0.466 e. The van der Waals surface area contributed by atoms with Gasteiger partial charge in [0.1, 0.15) is 0 Å². The fraction of sp³-hybridized carbons (Fsp3) is 0.259. The highest BCUT2D eigenvalue weighted by Gasteiger charge is 2.18. The van der Waals surface area contributed by atoms with Crippen molar-refractivity contribution >= 4 is 27.6 Å². The van der Waals surface area contributed by atoms with Crippen molar-refractivity contribution in [1.82, 2.24) is 4.72 Å². The number of benzene rings is 3. The average Bonchev–Trinajstić information content (AvgIpc) is 2.85. The summed E-state index contributed by atoms with van der Waals surface area (Å²) in [7, 11) is -3.67. The van der Waals surface area contributed by atoms with E-state index in [1.165, 1.54) is 0 Å². The van der Waals surface area contributed by atoms with Crippen molar-refractivity contribution in [1.29, 1.82) is 0 Å². The Morgan fingerprint density at radius 3 is 2.14 bits per heavy atom. The van der Waals surface area contributed by atoms with E-state index in [-0.39, 0.29) is 35.7 Å². The number of ether oxygens (including phenoxy) is 1. The number of carbonyl (C=O) groups excluding carboxylic acids is 2. The van der Waals surface area contributed by atoms with Crippen LogP contribution in [0.1, 0.15) is 43.0 Å². The van der Waals surface area contributed by atoms with Gasteiger partial charge in [-0.15, -0.1) is 0 Å². The minimum absolute atomic E-state index is 0.154. The van der Waals surface area contributed by atoms with Gasteiger partial charge in [-0.2, -0.15) is 0 Å². The molecule has 0 heterocycles. The zero-order valence-electron chi connectivity index (χ0n) is 19.9. The van der Waals surface area contributed by atoms with E-state index >= 15 is 0 Å². The van der Waals surface area contributed by atoms with E-state index < -0.39 is 10.0 Å². The second kappa shape index (κ2) is 12.3. The van der Waals surface area contributed by atoms with Crippen molar-refractivity contribution < 1.29 is 22.7 Å². The standard InChI is InChI=1S/C27H30N2O5S/c1-3-34-27(31)19-22-9-14-24(15-10-22)28-26(30)18-13-21-11-16-25(17-12-21)35(32,33)29-20(2)23-7-5-4-6-8-23/h4-12,14-17,20,29H,3,13,18-19H2,1-2H3,(H,28,30)/t20-/m0/s1. The van der Waals surface area contributed by atoms with Crippen LogP contribution in [0.3, 0.4) is 0 Å². The predicted molar refractivity (Wildman–Crippen MR) is 135 cm³/mol. The lowest BCUT2D eigenvalue weighted by molar-refractivity contribution is -0.142. The van der Waals surface area contributed by atoms with E-state index in [0.29, 0.717) is 18.7 Å². The third-order valence-corrected chi connectivity index (χ3v) is 6.95. The van der Waals surface area contributed by atoms with Crippen molar-refractivity contribution in [2.45, 2.75) is 44.0 Å². The molecule has 3 rings (SSSR count). The van der Waals surface area contributed by atoms with Crippen LogP contribution in [0.25, 0.3) is 0 Å². The van der Waals surface area contributed by atoms with Crippen LogP contribution in [0.15, 0.2) is 83.8 Å². The van der Waals surface area contributed by atoms with Crippen molar-refractivity contribution in [3.8, 4) is 0 Å². The van der Waals surface area contributed by atoms with Gasteiger partial charge in [-0.05, 0) is 61.2 Å². The summed E-state index contributed by atoms with van der Waals surface area (Å²) >= 11 is 0. The maximum Gasteiger partial charge on any atom is 0.310 e. The molecular formula is C27H30N2O5S. The molecule has 0 saturated heterocycles. The van der Waals surface area contributed by atoms with Crippen LogP contribution >= 0.6 is 0 Å². The lowest BCUT2D eigenvalue weighted by atomic mass is 10.1. The second-order valence-corrected chi connectivity index (χ2v) is 9.84. The van der Waals surface area contributed by atoms with E-state index in [2.05, 4.69) is 10.0 Å². The number of rotatable bonds is 11. The van der Waals surface area contributed by atoms with E-state index in [1.807, 2.05) is 30.3 Å². The Morgan fingerprint density at radius 1 is 0.886 bits per heavy atom. The van der Waals surface area contributed by atoms with Crippen molar-refractivity contribution in [2.24, 2.45) is 0 Å². The van der Waals surface area contributed by atoms with Crippen molar-refractivity contribution in [3.63, 3.8) is 0 Å². The molecule has 0 aliphatic rings. The number of sulfonamides is 1. The monoisotopic (exact) mass is 494 g/mol. The Labute approximate surface area is 206 Å². The number of amides is 1. The van der Waals surface area contributed by atoms with Gasteiger partial charge < -0.3 is 10.1 Å². The van der Waals surface area contributed by atoms with Gasteiger partial charge in [0.25, 0.3) is 0 Å². The topological polar surface area (TPSA) is 102 Å². The van der Waals surface area contributed by atoms with Crippen LogP contribution in [0.4, 0.5) is 5.69 Å². The van der Waals surface area contributed by atoms with Gasteiger partial charge in [-0.3, -0.25) is 9.59 Å². The first-order valence-electron chi connectivity index (χ1n) is 11.5. The normalized spacial score (nSPS) is 12.1. The van der Waals surface area contributed by atoms with Crippen LogP contribution in [0.5, 0.6) is 0 Å².